The lowest BCUT2D eigenvalue weighted by Gasteiger charge is -2.07. The van der Waals surface area contributed by atoms with Crippen molar-refractivity contribution in [2.45, 2.75) is 39.5 Å². The molecule has 0 radical (unpaired) electrons. The van der Waals surface area contributed by atoms with Crippen LogP contribution in [0.3, 0.4) is 0 Å². The Bertz CT molecular complexity index is 377. The van der Waals surface area contributed by atoms with Crippen LogP contribution in [0.2, 0.25) is 0 Å². The van der Waals surface area contributed by atoms with Crippen LogP contribution in [0.1, 0.15) is 39.5 Å². The second-order valence-corrected chi connectivity index (χ2v) is 4.71. The zero-order valence-corrected chi connectivity index (χ0v) is 12.6. The largest absolute Gasteiger partial charge is 0.494 e. The van der Waals surface area contributed by atoms with Crippen LogP contribution in [0.5, 0.6) is 5.75 Å². The minimum atomic E-state index is 0.0390. The van der Waals surface area contributed by atoms with Gasteiger partial charge in [-0.05, 0) is 44.2 Å². The Labute approximate surface area is 121 Å². The second-order valence-electron chi connectivity index (χ2n) is 4.71. The highest BCUT2D eigenvalue weighted by atomic mass is 16.5. The van der Waals surface area contributed by atoms with E-state index in [1.807, 2.05) is 31.2 Å². The molecule has 1 rings (SSSR count). The molecule has 0 aromatic heterocycles. The maximum absolute atomic E-state index is 11.7. The van der Waals surface area contributed by atoms with Crippen LogP contribution in [0.15, 0.2) is 24.3 Å². The van der Waals surface area contributed by atoms with Gasteiger partial charge in [0.05, 0.1) is 6.61 Å². The van der Waals surface area contributed by atoms with Crippen molar-refractivity contribution in [3.05, 3.63) is 24.3 Å². The van der Waals surface area contributed by atoms with E-state index in [1.54, 1.807) is 0 Å². The molecule has 0 unspecified atom stereocenters. The normalized spacial score (nSPS) is 10.3. The fourth-order valence-corrected chi connectivity index (χ4v) is 1.85. The molecule has 2 N–H and O–H groups in total. The lowest BCUT2D eigenvalue weighted by Crippen LogP contribution is -2.22. The van der Waals surface area contributed by atoms with Gasteiger partial charge in [0.1, 0.15) is 5.75 Å². The zero-order chi connectivity index (χ0) is 14.6. The van der Waals surface area contributed by atoms with Gasteiger partial charge in [-0.3, -0.25) is 4.79 Å². The molecule has 0 fully saturated rings. The summed E-state index contributed by atoms with van der Waals surface area (Å²) in [6.45, 7) is 6.50. The summed E-state index contributed by atoms with van der Waals surface area (Å²) in [5.74, 6) is 0.861. The van der Waals surface area contributed by atoms with E-state index in [0.29, 0.717) is 13.0 Å². The molecule has 0 heterocycles. The predicted octanol–water partition coefficient (Wildman–Crippen LogP) is 3.19. The highest BCUT2D eigenvalue weighted by molar-refractivity contribution is 5.90. The summed E-state index contributed by atoms with van der Waals surface area (Å²) in [6, 6.07) is 7.44. The lowest BCUT2D eigenvalue weighted by atomic mass is 10.2. The zero-order valence-electron chi connectivity index (χ0n) is 12.6. The first-order valence-corrected chi connectivity index (χ1v) is 7.49. The molecule has 20 heavy (non-hydrogen) atoms. The fraction of sp³-hybridized carbons (Fsp3) is 0.562. The van der Waals surface area contributed by atoms with Gasteiger partial charge in [0, 0.05) is 18.7 Å². The molecular weight excluding hydrogens is 252 g/mol. The second kappa shape index (κ2) is 10.3. The topological polar surface area (TPSA) is 50.4 Å². The molecule has 0 spiro atoms. The van der Waals surface area contributed by atoms with E-state index < -0.39 is 0 Å². The fourth-order valence-electron chi connectivity index (χ4n) is 1.85. The number of carbonyl (C=O) groups excluding carboxylic acids is 1. The molecule has 1 aromatic carbocycles. The van der Waals surface area contributed by atoms with E-state index in [4.69, 9.17) is 4.74 Å². The Morgan fingerprint density at radius 2 is 1.85 bits per heavy atom. The standard InChI is InChI=1S/C16H26N2O2/c1-3-5-6-12-17-13-11-16(19)18-14-7-9-15(10-8-14)20-4-2/h7-10,17H,3-6,11-13H2,1-2H3,(H,18,19). The quantitative estimate of drug-likeness (QED) is 0.646. The summed E-state index contributed by atoms with van der Waals surface area (Å²) in [5, 5.41) is 6.16. The third-order valence-corrected chi connectivity index (χ3v) is 2.94. The molecule has 1 amide bonds. The minimum absolute atomic E-state index is 0.0390. The van der Waals surface area contributed by atoms with Gasteiger partial charge in [0.15, 0.2) is 0 Å². The average molecular weight is 278 g/mol. The first kappa shape index (κ1) is 16.5. The summed E-state index contributed by atoms with van der Waals surface area (Å²) in [4.78, 5) is 11.7. The van der Waals surface area contributed by atoms with Gasteiger partial charge >= 0.3 is 0 Å². The molecule has 4 heteroatoms. The summed E-state index contributed by atoms with van der Waals surface area (Å²) < 4.78 is 5.35. The third-order valence-electron chi connectivity index (χ3n) is 2.94. The summed E-state index contributed by atoms with van der Waals surface area (Å²) in [5.41, 5.74) is 0.810. The molecule has 0 saturated heterocycles. The molecule has 0 saturated carbocycles. The summed E-state index contributed by atoms with van der Waals surface area (Å²) in [7, 11) is 0. The van der Waals surface area contributed by atoms with E-state index in [1.165, 1.54) is 19.3 Å². The number of anilines is 1. The van der Waals surface area contributed by atoms with E-state index in [0.717, 1.165) is 24.5 Å². The molecule has 0 aliphatic heterocycles. The number of carbonyl (C=O) groups is 1. The van der Waals surface area contributed by atoms with Crippen molar-refractivity contribution in [2.24, 2.45) is 0 Å². The monoisotopic (exact) mass is 278 g/mol. The highest BCUT2D eigenvalue weighted by Crippen LogP contribution is 2.15. The van der Waals surface area contributed by atoms with Crippen molar-refractivity contribution in [2.75, 3.05) is 25.0 Å². The predicted molar refractivity (Wildman–Crippen MR) is 83.3 cm³/mol. The van der Waals surface area contributed by atoms with Gasteiger partial charge in [-0.1, -0.05) is 19.8 Å². The summed E-state index contributed by atoms with van der Waals surface area (Å²) in [6.07, 6.45) is 4.14. The number of hydrogen-bond donors (Lipinski definition) is 2. The maximum Gasteiger partial charge on any atom is 0.225 e. The molecule has 1 aromatic rings. The van der Waals surface area contributed by atoms with Crippen molar-refractivity contribution in [1.82, 2.24) is 5.32 Å². The maximum atomic E-state index is 11.7. The number of unbranched alkanes of at least 4 members (excludes halogenated alkanes) is 2. The number of ether oxygens (including phenoxy) is 1. The Morgan fingerprint density at radius 3 is 2.50 bits per heavy atom. The number of benzene rings is 1. The van der Waals surface area contributed by atoms with Crippen molar-refractivity contribution in [3.8, 4) is 5.75 Å². The van der Waals surface area contributed by atoms with Crippen LogP contribution in [0.25, 0.3) is 0 Å². The number of rotatable bonds is 10. The molecule has 112 valence electrons. The summed E-state index contributed by atoms with van der Waals surface area (Å²) >= 11 is 0. The number of amides is 1. The van der Waals surface area contributed by atoms with Gasteiger partial charge < -0.3 is 15.4 Å². The average Bonchev–Trinajstić information content (AvgIpc) is 2.45. The van der Waals surface area contributed by atoms with Crippen molar-refractivity contribution in [1.29, 1.82) is 0 Å². The van der Waals surface area contributed by atoms with Crippen LogP contribution >= 0.6 is 0 Å². The van der Waals surface area contributed by atoms with Gasteiger partial charge in [-0.25, -0.2) is 0 Å². The minimum Gasteiger partial charge on any atom is -0.494 e. The van der Waals surface area contributed by atoms with E-state index in [9.17, 15) is 4.79 Å². The van der Waals surface area contributed by atoms with Crippen LogP contribution in [0.4, 0.5) is 5.69 Å². The molecule has 4 nitrogen and oxygen atoms in total. The van der Waals surface area contributed by atoms with Gasteiger partial charge in [0.25, 0.3) is 0 Å². The Balaban J connectivity index is 2.18. The van der Waals surface area contributed by atoms with Crippen molar-refractivity contribution >= 4 is 11.6 Å². The van der Waals surface area contributed by atoms with Crippen LogP contribution in [-0.4, -0.2) is 25.6 Å². The van der Waals surface area contributed by atoms with Crippen LogP contribution in [0, 0.1) is 0 Å². The lowest BCUT2D eigenvalue weighted by molar-refractivity contribution is -0.116. The van der Waals surface area contributed by atoms with Gasteiger partial charge in [-0.15, -0.1) is 0 Å². The molecular formula is C16H26N2O2. The first-order valence-electron chi connectivity index (χ1n) is 7.49. The van der Waals surface area contributed by atoms with E-state index >= 15 is 0 Å². The number of nitrogens with one attached hydrogen (secondary N) is 2. The van der Waals surface area contributed by atoms with Crippen molar-refractivity contribution in [3.63, 3.8) is 0 Å². The van der Waals surface area contributed by atoms with Gasteiger partial charge in [0.2, 0.25) is 5.91 Å². The molecule has 0 bridgehead atoms. The van der Waals surface area contributed by atoms with E-state index in [2.05, 4.69) is 17.6 Å². The van der Waals surface area contributed by atoms with Crippen LogP contribution < -0.4 is 15.4 Å². The Kier molecular flexibility index (Phi) is 8.47. The highest BCUT2D eigenvalue weighted by Gasteiger charge is 2.02. The van der Waals surface area contributed by atoms with Gasteiger partial charge in [-0.2, -0.15) is 0 Å². The molecule has 0 aliphatic carbocycles. The van der Waals surface area contributed by atoms with Crippen molar-refractivity contribution < 1.29 is 9.53 Å². The third kappa shape index (κ3) is 7.14. The number of hydrogen-bond acceptors (Lipinski definition) is 3. The molecule has 0 atom stereocenters. The smallest absolute Gasteiger partial charge is 0.225 e. The molecule has 0 aliphatic rings. The SMILES string of the molecule is CCCCCNCCC(=O)Nc1ccc(OCC)cc1. The Hall–Kier alpha value is -1.55. The first-order chi connectivity index (χ1) is 9.76. The Morgan fingerprint density at radius 1 is 1.10 bits per heavy atom. The van der Waals surface area contributed by atoms with E-state index in [-0.39, 0.29) is 5.91 Å². The van der Waals surface area contributed by atoms with Crippen LogP contribution in [-0.2, 0) is 4.79 Å².